The number of anilines is 1. The maximum atomic E-state index is 12.4. The van der Waals surface area contributed by atoms with E-state index < -0.39 is 0 Å². The molecule has 0 spiro atoms. The standard InChI is InChI=1S/C24H29Cl2N3O3/c1-16(2)24(31)28-19-6-3-17(4-7-19)12-23(30)27-13-20-15-29(9-10-32-20)14-18-5-8-21(25)22(26)11-18/h3-8,11,16,20H,9-10,12-15H2,1-2H3,(H,27,30)(H,28,31). The van der Waals surface area contributed by atoms with Gasteiger partial charge in [-0.25, -0.2) is 0 Å². The molecule has 3 rings (SSSR count). The third kappa shape index (κ3) is 7.48. The van der Waals surface area contributed by atoms with E-state index in [9.17, 15) is 9.59 Å². The zero-order valence-corrected chi connectivity index (χ0v) is 19.9. The molecule has 1 atom stereocenters. The monoisotopic (exact) mass is 477 g/mol. The lowest BCUT2D eigenvalue weighted by Crippen LogP contribution is -2.47. The molecule has 2 aromatic rings. The molecule has 2 aromatic carbocycles. The largest absolute Gasteiger partial charge is 0.374 e. The number of benzene rings is 2. The highest BCUT2D eigenvalue weighted by molar-refractivity contribution is 6.42. The highest BCUT2D eigenvalue weighted by atomic mass is 35.5. The van der Waals surface area contributed by atoms with Crippen LogP contribution in [0.1, 0.15) is 25.0 Å². The first-order valence-corrected chi connectivity index (χ1v) is 11.5. The normalized spacial score (nSPS) is 16.7. The zero-order valence-electron chi connectivity index (χ0n) is 18.4. The van der Waals surface area contributed by atoms with Crippen molar-refractivity contribution in [2.75, 3.05) is 31.6 Å². The molecule has 1 fully saturated rings. The minimum atomic E-state index is -0.0811. The van der Waals surface area contributed by atoms with E-state index in [-0.39, 0.29) is 30.3 Å². The zero-order chi connectivity index (χ0) is 23.1. The van der Waals surface area contributed by atoms with Crippen molar-refractivity contribution < 1.29 is 14.3 Å². The summed E-state index contributed by atoms with van der Waals surface area (Å²) in [6.07, 6.45) is 0.210. The maximum Gasteiger partial charge on any atom is 0.226 e. The molecule has 0 aliphatic carbocycles. The molecule has 1 unspecified atom stereocenters. The van der Waals surface area contributed by atoms with Gasteiger partial charge >= 0.3 is 0 Å². The summed E-state index contributed by atoms with van der Waals surface area (Å²) in [5.41, 5.74) is 2.71. The fraction of sp³-hybridized carbons (Fsp3) is 0.417. The Morgan fingerprint density at radius 2 is 1.81 bits per heavy atom. The van der Waals surface area contributed by atoms with Crippen LogP contribution in [0.15, 0.2) is 42.5 Å². The molecule has 1 heterocycles. The molecule has 1 aliphatic heterocycles. The number of hydrogen-bond acceptors (Lipinski definition) is 4. The molecule has 0 bridgehead atoms. The van der Waals surface area contributed by atoms with Gasteiger partial charge in [-0.15, -0.1) is 0 Å². The molecule has 2 N–H and O–H groups in total. The molecule has 1 saturated heterocycles. The molecule has 2 amide bonds. The number of rotatable bonds is 8. The van der Waals surface area contributed by atoms with Crippen molar-refractivity contribution in [2.24, 2.45) is 5.92 Å². The van der Waals surface area contributed by atoms with Gasteiger partial charge < -0.3 is 15.4 Å². The van der Waals surface area contributed by atoms with E-state index in [1.165, 1.54) is 0 Å². The van der Waals surface area contributed by atoms with Gasteiger partial charge in [0.05, 0.1) is 29.2 Å². The van der Waals surface area contributed by atoms with Gasteiger partial charge in [0, 0.05) is 37.8 Å². The molecule has 32 heavy (non-hydrogen) atoms. The van der Waals surface area contributed by atoms with Crippen LogP contribution in [-0.2, 0) is 27.3 Å². The summed E-state index contributed by atoms with van der Waals surface area (Å²) in [7, 11) is 0. The number of nitrogens with one attached hydrogen (secondary N) is 2. The molecule has 0 radical (unpaired) electrons. The second kappa shape index (κ2) is 11.7. The maximum absolute atomic E-state index is 12.4. The Balaban J connectivity index is 1.43. The summed E-state index contributed by atoms with van der Waals surface area (Å²) >= 11 is 12.1. The first-order chi connectivity index (χ1) is 15.3. The van der Waals surface area contributed by atoms with Crippen molar-refractivity contribution in [2.45, 2.75) is 32.9 Å². The Hall–Kier alpha value is -2.12. The molecule has 0 aromatic heterocycles. The number of hydrogen-bond donors (Lipinski definition) is 2. The van der Waals surface area contributed by atoms with Crippen LogP contribution < -0.4 is 10.6 Å². The molecule has 8 heteroatoms. The molecular formula is C24H29Cl2N3O3. The van der Waals surface area contributed by atoms with Gasteiger partial charge in [0.25, 0.3) is 0 Å². The van der Waals surface area contributed by atoms with Crippen LogP contribution in [0.5, 0.6) is 0 Å². The number of amides is 2. The lowest BCUT2D eigenvalue weighted by atomic mass is 10.1. The minimum Gasteiger partial charge on any atom is -0.374 e. The van der Waals surface area contributed by atoms with Gasteiger partial charge in [0.1, 0.15) is 0 Å². The molecule has 1 aliphatic rings. The number of carbonyl (C=O) groups is 2. The van der Waals surface area contributed by atoms with Crippen LogP contribution in [0.3, 0.4) is 0 Å². The van der Waals surface area contributed by atoms with E-state index in [0.717, 1.165) is 36.4 Å². The Morgan fingerprint density at radius 1 is 1.09 bits per heavy atom. The number of halogens is 2. The molecule has 6 nitrogen and oxygen atoms in total. The Morgan fingerprint density at radius 3 is 2.50 bits per heavy atom. The van der Waals surface area contributed by atoms with Gasteiger partial charge in [-0.05, 0) is 35.4 Å². The lowest BCUT2D eigenvalue weighted by Gasteiger charge is -2.33. The smallest absolute Gasteiger partial charge is 0.226 e. The number of ether oxygens (including phenoxy) is 1. The van der Waals surface area contributed by atoms with Crippen LogP contribution in [0.2, 0.25) is 10.0 Å². The van der Waals surface area contributed by atoms with E-state index in [0.29, 0.717) is 23.2 Å². The number of carbonyl (C=O) groups excluding carboxylic acids is 2. The lowest BCUT2D eigenvalue weighted by molar-refractivity contribution is -0.121. The molecular weight excluding hydrogens is 449 g/mol. The summed E-state index contributed by atoms with van der Waals surface area (Å²) in [5.74, 6) is -0.173. The van der Waals surface area contributed by atoms with Crippen LogP contribution in [0.4, 0.5) is 5.69 Å². The number of nitrogens with zero attached hydrogens (tertiary/aromatic N) is 1. The second-order valence-corrected chi connectivity index (χ2v) is 9.11. The van der Waals surface area contributed by atoms with Crippen LogP contribution in [0, 0.1) is 5.92 Å². The topological polar surface area (TPSA) is 70.7 Å². The van der Waals surface area contributed by atoms with Gasteiger partial charge in [0.2, 0.25) is 11.8 Å². The van der Waals surface area contributed by atoms with Crippen molar-refractivity contribution in [3.8, 4) is 0 Å². The Kier molecular flexibility index (Phi) is 8.93. The van der Waals surface area contributed by atoms with E-state index in [1.807, 2.05) is 56.3 Å². The van der Waals surface area contributed by atoms with E-state index in [1.54, 1.807) is 0 Å². The predicted molar refractivity (Wildman–Crippen MR) is 128 cm³/mol. The summed E-state index contributed by atoms with van der Waals surface area (Å²) in [4.78, 5) is 26.4. The summed E-state index contributed by atoms with van der Waals surface area (Å²) in [6, 6.07) is 13.0. The third-order valence-electron chi connectivity index (χ3n) is 5.25. The highest BCUT2D eigenvalue weighted by Crippen LogP contribution is 2.23. The van der Waals surface area contributed by atoms with E-state index in [2.05, 4.69) is 15.5 Å². The average Bonchev–Trinajstić information content (AvgIpc) is 2.76. The highest BCUT2D eigenvalue weighted by Gasteiger charge is 2.21. The van der Waals surface area contributed by atoms with Crippen LogP contribution in [-0.4, -0.2) is 49.1 Å². The van der Waals surface area contributed by atoms with E-state index >= 15 is 0 Å². The van der Waals surface area contributed by atoms with Gasteiger partial charge in [-0.3, -0.25) is 14.5 Å². The fourth-order valence-electron chi connectivity index (χ4n) is 3.41. The first kappa shape index (κ1) is 24.5. The number of morpholine rings is 1. The molecule has 172 valence electrons. The average molecular weight is 478 g/mol. The summed E-state index contributed by atoms with van der Waals surface area (Å²) in [5, 5.41) is 6.91. The predicted octanol–water partition coefficient (Wildman–Crippen LogP) is 4.15. The quantitative estimate of drug-likeness (QED) is 0.598. The fourth-order valence-corrected chi connectivity index (χ4v) is 3.73. The van der Waals surface area contributed by atoms with Crippen molar-refractivity contribution in [3.63, 3.8) is 0 Å². The Bertz CT molecular complexity index is 935. The summed E-state index contributed by atoms with van der Waals surface area (Å²) < 4.78 is 5.82. The van der Waals surface area contributed by atoms with Crippen molar-refractivity contribution in [3.05, 3.63) is 63.6 Å². The minimum absolute atomic E-state index is 0.0313. The van der Waals surface area contributed by atoms with Gasteiger partial charge in [-0.2, -0.15) is 0 Å². The van der Waals surface area contributed by atoms with Crippen molar-refractivity contribution in [1.29, 1.82) is 0 Å². The molecule has 0 saturated carbocycles. The van der Waals surface area contributed by atoms with E-state index in [4.69, 9.17) is 27.9 Å². The van der Waals surface area contributed by atoms with Crippen LogP contribution >= 0.6 is 23.2 Å². The Labute approximate surface area is 199 Å². The van der Waals surface area contributed by atoms with Gasteiger partial charge in [0.15, 0.2) is 0 Å². The first-order valence-electron chi connectivity index (χ1n) is 10.7. The van der Waals surface area contributed by atoms with Crippen molar-refractivity contribution >= 4 is 40.7 Å². The summed E-state index contributed by atoms with van der Waals surface area (Å²) in [6.45, 7) is 7.07. The van der Waals surface area contributed by atoms with Gasteiger partial charge in [-0.1, -0.05) is 55.2 Å². The SMILES string of the molecule is CC(C)C(=O)Nc1ccc(CC(=O)NCC2CN(Cc3ccc(Cl)c(Cl)c3)CCO2)cc1. The third-order valence-corrected chi connectivity index (χ3v) is 5.99. The second-order valence-electron chi connectivity index (χ2n) is 8.30. The van der Waals surface area contributed by atoms with Crippen molar-refractivity contribution in [1.82, 2.24) is 10.2 Å². The van der Waals surface area contributed by atoms with Crippen LogP contribution in [0.25, 0.3) is 0 Å².